The van der Waals surface area contributed by atoms with Crippen LogP contribution < -0.4 is 0 Å². The van der Waals surface area contributed by atoms with E-state index < -0.39 is 0 Å². The van der Waals surface area contributed by atoms with Gasteiger partial charge in [0.15, 0.2) is 5.82 Å². The van der Waals surface area contributed by atoms with Crippen molar-refractivity contribution in [3.63, 3.8) is 0 Å². The molecule has 0 spiro atoms. The van der Waals surface area contributed by atoms with Gasteiger partial charge in [-0.25, -0.2) is 9.67 Å². The van der Waals surface area contributed by atoms with Crippen molar-refractivity contribution in [1.29, 1.82) is 0 Å². The highest BCUT2D eigenvalue weighted by Gasteiger charge is 2.12. The minimum absolute atomic E-state index is 0.0154. The molecule has 0 amide bonds. The van der Waals surface area contributed by atoms with Crippen molar-refractivity contribution in [3.05, 3.63) is 41.0 Å². The van der Waals surface area contributed by atoms with E-state index in [1.165, 1.54) is 0 Å². The van der Waals surface area contributed by atoms with E-state index in [1.54, 1.807) is 0 Å². The molecule has 1 aromatic heterocycles. The van der Waals surface area contributed by atoms with Crippen LogP contribution in [0.5, 0.6) is 0 Å². The third-order valence-corrected chi connectivity index (χ3v) is 2.98. The SMILES string of the molecule is CCc1nc(CC)n(-c2ccc(C)cc2CO)n1. The second-order valence-corrected chi connectivity index (χ2v) is 4.35. The van der Waals surface area contributed by atoms with Gasteiger partial charge >= 0.3 is 0 Å². The van der Waals surface area contributed by atoms with E-state index in [1.807, 2.05) is 36.7 Å². The average molecular weight is 245 g/mol. The Balaban J connectivity index is 2.56. The molecule has 0 saturated heterocycles. The fraction of sp³-hybridized carbons (Fsp3) is 0.429. The number of benzene rings is 1. The summed E-state index contributed by atoms with van der Waals surface area (Å²) in [5, 5.41) is 14.0. The summed E-state index contributed by atoms with van der Waals surface area (Å²) in [6.45, 7) is 6.14. The number of aromatic nitrogens is 3. The Morgan fingerprint density at radius 3 is 2.61 bits per heavy atom. The highest BCUT2D eigenvalue weighted by Crippen LogP contribution is 2.18. The number of hydrogen-bond acceptors (Lipinski definition) is 3. The number of rotatable bonds is 4. The molecule has 0 bridgehead atoms. The minimum Gasteiger partial charge on any atom is -0.392 e. The van der Waals surface area contributed by atoms with Gasteiger partial charge in [-0.3, -0.25) is 0 Å². The predicted molar refractivity (Wildman–Crippen MR) is 70.8 cm³/mol. The maximum Gasteiger partial charge on any atom is 0.151 e. The van der Waals surface area contributed by atoms with Crippen LogP contribution in [0.15, 0.2) is 18.2 Å². The van der Waals surface area contributed by atoms with Crippen LogP contribution in [0.4, 0.5) is 0 Å². The molecule has 0 atom stereocenters. The van der Waals surface area contributed by atoms with E-state index in [0.717, 1.165) is 41.3 Å². The molecule has 4 nitrogen and oxygen atoms in total. The molecule has 0 saturated carbocycles. The number of nitrogens with zero attached hydrogens (tertiary/aromatic N) is 3. The largest absolute Gasteiger partial charge is 0.392 e. The smallest absolute Gasteiger partial charge is 0.151 e. The summed E-state index contributed by atoms with van der Waals surface area (Å²) in [6.07, 6.45) is 1.64. The Kier molecular flexibility index (Phi) is 3.77. The monoisotopic (exact) mass is 245 g/mol. The Bertz CT molecular complexity index is 546. The van der Waals surface area contributed by atoms with Crippen LogP contribution in [0.2, 0.25) is 0 Å². The van der Waals surface area contributed by atoms with Crippen LogP contribution in [0.1, 0.15) is 36.6 Å². The van der Waals surface area contributed by atoms with Crippen LogP contribution in [-0.2, 0) is 19.4 Å². The molecule has 18 heavy (non-hydrogen) atoms. The molecule has 0 fully saturated rings. The summed E-state index contributed by atoms with van der Waals surface area (Å²) >= 11 is 0. The van der Waals surface area contributed by atoms with E-state index >= 15 is 0 Å². The van der Waals surface area contributed by atoms with Gasteiger partial charge in [0, 0.05) is 18.4 Å². The molecule has 1 heterocycles. The number of hydrogen-bond donors (Lipinski definition) is 1. The maximum absolute atomic E-state index is 9.47. The molecule has 2 aromatic rings. The number of aliphatic hydroxyl groups excluding tert-OH is 1. The molecule has 0 aliphatic carbocycles. The lowest BCUT2D eigenvalue weighted by Gasteiger charge is -2.10. The second kappa shape index (κ2) is 5.31. The van der Waals surface area contributed by atoms with Crippen molar-refractivity contribution >= 4 is 0 Å². The summed E-state index contributed by atoms with van der Waals surface area (Å²) in [6, 6.07) is 6.01. The molecule has 4 heteroatoms. The van der Waals surface area contributed by atoms with Crippen molar-refractivity contribution in [1.82, 2.24) is 14.8 Å². The molecule has 0 aliphatic heterocycles. The highest BCUT2D eigenvalue weighted by atomic mass is 16.3. The first-order valence-corrected chi connectivity index (χ1v) is 6.35. The molecule has 0 radical (unpaired) electrons. The summed E-state index contributed by atoms with van der Waals surface area (Å²) < 4.78 is 1.85. The van der Waals surface area contributed by atoms with Crippen molar-refractivity contribution in [2.75, 3.05) is 0 Å². The molecule has 0 unspecified atom stereocenters. The maximum atomic E-state index is 9.47. The molecule has 1 N–H and O–H groups in total. The van der Waals surface area contributed by atoms with Crippen LogP contribution in [0.3, 0.4) is 0 Å². The van der Waals surface area contributed by atoms with Crippen molar-refractivity contribution in [3.8, 4) is 5.69 Å². The minimum atomic E-state index is 0.0154. The van der Waals surface area contributed by atoms with Gasteiger partial charge in [-0.15, -0.1) is 0 Å². The van der Waals surface area contributed by atoms with E-state index in [2.05, 4.69) is 17.0 Å². The zero-order valence-corrected chi connectivity index (χ0v) is 11.1. The summed E-state index contributed by atoms with van der Waals surface area (Å²) in [7, 11) is 0. The first kappa shape index (κ1) is 12.8. The molecule has 2 rings (SSSR count). The number of aliphatic hydroxyl groups is 1. The molecular formula is C14H19N3O. The van der Waals surface area contributed by atoms with Gasteiger partial charge < -0.3 is 5.11 Å². The summed E-state index contributed by atoms with van der Waals surface area (Å²) in [5.41, 5.74) is 2.95. The topological polar surface area (TPSA) is 50.9 Å². The Hall–Kier alpha value is -1.68. The predicted octanol–water partition coefficient (Wildman–Crippen LogP) is 2.19. The zero-order valence-electron chi connectivity index (χ0n) is 11.1. The molecule has 1 aromatic carbocycles. The lowest BCUT2D eigenvalue weighted by Crippen LogP contribution is -2.06. The van der Waals surface area contributed by atoms with Crippen molar-refractivity contribution in [2.24, 2.45) is 0 Å². The van der Waals surface area contributed by atoms with Crippen LogP contribution >= 0.6 is 0 Å². The van der Waals surface area contributed by atoms with E-state index in [9.17, 15) is 5.11 Å². The fourth-order valence-corrected chi connectivity index (χ4v) is 2.01. The fourth-order valence-electron chi connectivity index (χ4n) is 2.01. The van der Waals surface area contributed by atoms with E-state index in [-0.39, 0.29) is 6.61 Å². The van der Waals surface area contributed by atoms with Gasteiger partial charge in [-0.2, -0.15) is 5.10 Å². The van der Waals surface area contributed by atoms with Gasteiger partial charge in [0.1, 0.15) is 5.82 Å². The number of aryl methyl sites for hydroxylation is 3. The average Bonchev–Trinajstić information content (AvgIpc) is 2.81. The molecular weight excluding hydrogens is 226 g/mol. The Labute approximate surface area is 107 Å². The van der Waals surface area contributed by atoms with Gasteiger partial charge in [-0.05, 0) is 13.0 Å². The van der Waals surface area contributed by atoms with Gasteiger partial charge in [0.05, 0.1) is 12.3 Å². The van der Waals surface area contributed by atoms with Crippen LogP contribution in [-0.4, -0.2) is 19.9 Å². The normalized spacial score (nSPS) is 10.9. The highest BCUT2D eigenvalue weighted by molar-refractivity contribution is 5.43. The van der Waals surface area contributed by atoms with Crippen molar-refractivity contribution in [2.45, 2.75) is 40.2 Å². The van der Waals surface area contributed by atoms with E-state index in [4.69, 9.17) is 0 Å². The quantitative estimate of drug-likeness (QED) is 0.898. The van der Waals surface area contributed by atoms with E-state index in [0.29, 0.717) is 0 Å². The lowest BCUT2D eigenvalue weighted by atomic mass is 10.1. The van der Waals surface area contributed by atoms with Gasteiger partial charge in [0.2, 0.25) is 0 Å². The van der Waals surface area contributed by atoms with Crippen LogP contribution in [0.25, 0.3) is 5.69 Å². The Morgan fingerprint density at radius 1 is 1.22 bits per heavy atom. The summed E-state index contributed by atoms with van der Waals surface area (Å²) in [5.74, 6) is 1.78. The first-order valence-electron chi connectivity index (χ1n) is 6.35. The summed E-state index contributed by atoms with van der Waals surface area (Å²) in [4.78, 5) is 4.49. The molecule has 96 valence electrons. The third kappa shape index (κ3) is 2.29. The Morgan fingerprint density at radius 2 is 2.00 bits per heavy atom. The van der Waals surface area contributed by atoms with Gasteiger partial charge in [-0.1, -0.05) is 31.5 Å². The third-order valence-electron chi connectivity index (χ3n) is 2.98. The molecule has 0 aliphatic rings. The zero-order chi connectivity index (χ0) is 13.1. The second-order valence-electron chi connectivity index (χ2n) is 4.35. The standard InChI is InChI=1S/C14H19N3O/c1-4-13-15-14(5-2)17(16-13)12-7-6-10(3)8-11(12)9-18/h6-8,18H,4-5,9H2,1-3H3. The van der Waals surface area contributed by atoms with Crippen LogP contribution in [0, 0.1) is 6.92 Å². The van der Waals surface area contributed by atoms with Crippen molar-refractivity contribution < 1.29 is 5.11 Å². The lowest BCUT2D eigenvalue weighted by molar-refractivity contribution is 0.281. The van der Waals surface area contributed by atoms with Gasteiger partial charge in [0.25, 0.3) is 0 Å². The first-order chi connectivity index (χ1) is 8.69.